The van der Waals surface area contributed by atoms with Gasteiger partial charge in [0.05, 0.1) is 10.6 Å². The summed E-state index contributed by atoms with van der Waals surface area (Å²) >= 11 is 0. The molecule has 0 saturated heterocycles. The van der Waals surface area contributed by atoms with E-state index in [1.54, 1.807) is 29.2 Å². The Kier molecular flexibility index (Phi) is 6.39. The number of nitro benzene ring substituents is 1. The van der Waals surface area contributed by atoms with Crippen molar-refractivity contribution >= 4 is 35.1 Å². The third-order valence-electron chi connectivity index (χ3n) is 4.61. The third-order valence-corrected chi connectivity index (χ3v) is 4.61. The first kappa shape index (κ1) is 22.0. The Morgan fingerprint density at radius 1 is 1.16 bits per heavy atom. The highest BCUT2D eigenvalue weighted by Gasteiger charge is 2.27. The fraction of sp³-hybridized carbons (Fsp3) is 0.304. The zero-order valence-corrected chi connectivity index (χ0v) is 17.8. The summed E-state index contributed by atoms with van der Waals surface area (Å²) in [6, 6.07) is 11.4. The highest BCUT2D eigenvalue weighted by atomic mass is 16.6. The predicted octanol–water partition coefficient (Wildman–Crippen LogP) is 4.93. The van der Waals surface area contributed by atoms with Crippen molar-refractivity contribution in [2.75, 3.05) is 16.8 Å². The van der Waals surface area contributed by atoms with Gasteiger partial charge in [0.25, 0.3) is 5.69 Å². The molecule has 2 aromatic carbocycles. The van der Waals surface area contributed by atoms with Crippen LogP contribution in [0.5, 0.6) is 0 Å². The molecule has 1 heterocycles. The quantitative estimate of drug-likeness (QED) is 0.427. The van der Waals surface area contributed by atoms with Crippen LogP contribution in [-0.4, -0.2) is 29.1 Å². The Balaban J connectivity index is 1.67. The number of nitrogens with zero attached hydrogens (tertiary/aromatic N) is 2. The molecule has 0 aliphatic carbocycles. The summed E-state index contributed by atoms with van der Waals surface area (Å²) in [7, 11) is 0. The molecule has 1 aliphatic rings. The monoisotopic (exact) mass is 423 g/mol. The molecule has 0 spiro atoms. The van der Waals surface area contributed by atoms with Gasteiger partial charge in [-0.2, -0.15) is 0 Å². The van der Waals surface area contributed by atoms with Gasteiger partial charge in [0.2, 0.25) is 5.91 Å². The molecular formula is C23H25N3O5. The number of fused-ring (bicyclic) bond motifs is 1. The maximum atomic E-state index is 12.5. The first-order chi connectivity index (χ1) is 14.6. The number of hydrogen-bond donors (Lipinski definition) is 1. The first-order valence-electron chi connectivity index (χ1n) is 9.99. The minimum absolute atomic E-state index is 0.00362. The van der Waals surface area contributed by atoms with Gasteiger partial charge in [-0.25, -0.2) is 4.79 Å². The van der Waals surface area contributed by atoms with Gasteiger partial charge in [-0.15, -0.1) is 0 Å². The lowest BCUT2D eigenvalue weighted by Gasteiger charge is -2.32. The topological polar surface area (TPSA) is 102 Å². The SMILES string of the molecule is CC(C)(C)OC(=O)N1CCCc2cc(NC(=O)C=Cc3ccc([N+](=O)[O-])cc3)ccc21. The Labute approximate surface area is 180 Å². The summed E-state index contributed by atoms with van der Waals surface area (Å²) in [6.45, 7) is 6.08. The summed E-state index contributed by atoms with van der Waals surface area (Å²) in [5.74, 6) is -0.321. The zero-order valence-electron chi connectivity index (χ0n) is 17.8. The van der Waals surface area contributed by atoms with Crippen LogP contribution in [-0.2, 0) is 16.0 Å². The average Bonchev–Trinajstić information content (AvgIpc) is 2.70. The molecule has 2 amide bonds. The van der Waals surface area contributed by atoms with Crippen LogP contribution < -0.4 is 10.2 Å². The minimum Gasteiger partial charge on any atom is -0.443 e. The van der Waals surface area contributed by atoms with Crippen LogP contribution in [0, 0.1) is 10.1 Å². The largest absolute Gasteiger partial charge is 0.443 e. The second kappa shape index (κ2) is 8.99. The van der Waals surface area contributed by atoms with E-state index in [0.717, 1.165) is 24.1 Å². The Bertz CT molecular complexity index is 1020. The molecule has 31 heavy (non-hydrogen) atoms. The van der Waals surface area contributed by atoms with Crippen LogP contribution in [0.25, 0.3) is 6.08 Å². The minimum atomic E-state index is -0.571. The number of carbonyl (C=O) groups is 2. The molecular weight excluding hydrogens is 398 g/mol. The van der Waals surface area contributed by atoms with Crippen LogP contribution in [0.15, 0.2) is 48.5 Å². The van der Waals surface area contributed by atoms with E-state index in [1.165, 1.54) is 18.2 Å². The van der Waals surface area contributed by atoms with Gasteiger partial charge in [0.1, 0.15) is 5.60 Å². The summed E-state index contributed by atoms with van der Waals surface area (Å²) in [5.41, 5.74) is 2.49. The van der Waals surface area contributed by atoms with Gasteiger partial charge in [0.15, 0.2) is 0 Å². The number of non-ortho nitro benzene ring substituents is 1. The number of amides is 2. The van der Waals surface area contributed by atoms with E-state index < -0.39 is 10.5 Å². The number of carbonyl (C=O) groups excluding carboxylic acids is 2. The molecule has 1 N–H and O–H groups in total. The predicted molar refractivity (Wildman–Crippen MR) is 119 cm³/mol. The van der Waals surface area contributed by atoms with Gasteiger partial charge in [-0.3, -0.25) is 19.8 Å². The Hall–Kier alpha value is -3.68. The Morgan fingerprint density at radius 2 is 1.87 bits per heavy atom. The molecule has 162 valence electrons. The number of aryl methyl sites for hydroxylation is 1. The molecule has 0 radical (unpaired) electrons. The standard InChI is InChI=1S/C23H25N3O5/c1-23(2,3)31-22(28)25-14-4-5-17-15-18(9-12-20(17)25)24-21(27)13-8-16-6-10-19(11-7-16)26(29)30/h6-13,15H,4-5,14H2,1-3H3,(H,24,27). The second-order valence-electron chi connectivity index (χ2n) is 8.25. The molecule has 0 saturated carbocycles. The van der Waals surface area contributed by atoms with Gasteiger partial charge in [-0.05, 0) is 81.1 Å². The first-order valence-corrected chi connectivity index (χ1v) is 9.99. The molecule has 1 aliphatic heterocycles. The van der Waals surface area contributed by atoms with Crippen molar-refractivity contribution < 1.29 is 19.2 Å². The number of hydrogen-bond acceptors (Lipinski definition) is 5. The molecule has 8 heteroatoms. The summed E-state index contributed by atoms with van der Waals surface area (Å²) in [4.78, 5) is 36.6. The second-order valence-corrected chi connectivity index (χ2v) is 8.25. The third kappa shape index (κ3) is 5.91. The summed E-state index contributed by atoms with van der Waals surface area (Å²) in [5, 5.41) is 13.5. The molecule has 8 nitrogen and oxygen atoms in total. The normalized spacial score (nSPS) is 13.6. The highest BCUT2D eigenvalue weighted by molar-refractivity contribution is 6.02. The molecule has 0 aromatic heterocycles. The average molecular weight is 423 g/mol. The van der Waals surface area contributed by atoms with Crippen molar-refractivity contribution in [3.05, 3.63) is 69.8 Å². The molecule has 2 aromatic rings. The van der Waals surface area contributed by atoms with Gasteiger partial charge >= 0.3 is 6.09 Å². The van der Waals surface area contributed by atoms with Gasteiger partial charge in [-0.1, -0.05) is 0 Å². The van der Waals surface area contributed by atoms with E-state index in [9.17, 15) is 19.7 Å². The maximum Gasteiger partial charge on any atom is 0.414 e. The van der Waals surface area contributed by atoms with Crippen LogP contribution in [0.1, 0.15) is 38.3 Å². The molecule has 0 bridgehead atoms. The van der Waals surface area contributed by atoms with Crippen LogP contribution >= 0.6 is 0 Å². The lowest BCUT2D eigenvalue weighted by Crippen LogP contribution is -2.39. The summed E-state index contributed by atoms with van der Waals surface area (Å²) < 4.78 is 5.49. The highest BCUT2D eigenvalue weighted by Crippen LogP contribution is 2.31. The van der Waals surface area contributed by atoms with E-state index in [0.29, 0.717) is 17.8 Å². The number of nitro groups is 1. The van der Waals surface area contributed by atoms with E-state index in [2.05, 4.69) is 5.32 Å². The van der Waals surface area contributed by atoms with E-state index in [1.807, 2.05) is 32.9 Å². The molecule has 0 fully saturated rings. The van der Waals surface area contributed by atoms with E-state index in [4.69, 9.17) is 4.74 Å². The van der Waals surface area contributed by atoms with Crippen LogP contribution in [0.3, 0.4) is 0 Å². The summed E-state index contributed by atoms with van der Waals surface area (Å²) in [6.07, 6.45) is 4.19. The zero-order chi connectivity index (χ0) is 22.6. The Morgan fingerprint density at radius 3 is 2.52 bits per heavy atom. The van der Waals surface area contributed by atoms with Crippen molar-refractivity contribution in [1.29, 1.82) is 0 Å². The maximum absolute atomic E-state index is 12.5. The number of ether oxygens (including phenoxy) is 1. The van der Waals surface area contributed by atoms with Crippen LogP contribution in [0.2, 0.25) is 0 Å². The van der Waals surface area contributed by atoms with Crippen molar-refractivity contribution in [2.24, 2.45) is 0 Å². The fourth-order valence-electron chi connectivity index (χ4n) is 3.24. The number of benzene rings is 2. The van der Waals surface area contributed by atoms with Gasteiger partial charge < -0.3 is 10.1 Å². The number of nitrogens with one attached hydrogen (secondary N) is 1. The molecule has 0 unspecified atom stereocenters. The van der Waals surface area contributed by atoms with Gasteiger partial charge in [0, 0.05) is 30.4 Å². The van der Waals surface area contributed by atoms with Crippen molar-refractivity contribution in [2.45, 2.75) is 39.2 Å². The fourth-order valence-corrected chi connectivity index (χ4v) is 3.24. The van der Waals surface area contributed by atoms with Crippen molar-refractivity contribution in [3.8, 4) is 0 Å². The lowest BCUT2D eigenvalue weighted by molar-refractivity contribution is -0.384. The van der Waals surface area contributed by atoms with Crippen molar-refractivity contribution in [3.63, 3.8) is 0 Å². The smallest absolute Gasteiger partial charge is 0.414 e. The van der Waals surface area contributed by atoms with Crippen LogP contribution in [0.4, 0.5) is 21.9 Å². The van der Waals surface area contributed by atoms with E-state index in [-0.39, 0.29) is 17.7 Å². The van der Waals surface area contributed by atoms with Crippen molar-refractivity contribution in [1.82, 2.24) is 0 Å². The lowest BCUT2D eigenvalue weighted by atomic mass is 10.0. The van der Waals surface area contributed by atoms with E-state index >= 15 is 0 Å². The number of rotatable bonds is 4. The molecule has 0 atom stereocenters. The number of anilines is 2. The molecule has 3 rings (SSSR count).